The number of ether oxygens (including phenoxy) is 2. The monoisotopic (exact) mass is 414 g/mol. The molecule has 2 heterocycles. The summed E-state index contributed by atoms with van der Waals surface area (Å²) in [7, 11) is 0. The smallest absolute Gasteiger partial charge is 0.350 e. The fraction of sp³-hybridized carbons (Fsp3) is 0.450. The van der Waals surface area contributed by atoms with Crippen LogP contribution in [0.4, 0.5) is 16.3 Å². The van der Waals surface area contributed by atoms with Gasteiger partial charge >= 0.3 is 11.7 Å². The van der Waals surface area contributed by atoms with Crippen LogP contribution in [0.25, 0.3) is 0 Å². The van der Waals surface area contributed by atoms with Gasteiger partial charge in [0.1, 0.15) is 18.0 Å². The summed E-state index contributed by atoms with van der Waals surface area (Å²) < 4.78 is 13.4. The van der Waals surface area contributed by atoms with Gasteiger partial charge in [0, 0.05) is 6.04 Å². The lowest BCUT2D eigenvalue weighted by molar-refractivity contribution is 0.244. The highest BCUT2D eigenvalue weighted by Gasteiger charge is 2.26. The van der Waals surface area contributed by atoms with Crippen LogP contribution in [0, 0.1) is 5.92 Å². The van der Waals surface area contributed by atoms with Gasteiger partial charge in [-0.3, -0.25) is 4.57 Å². The van der Waals surface area contributed by atoms with Crippen molar-refractivity contribution in [3.05, 3.63) is 34.9 Å². The number of para-hydroxylation sites is 1. The van der Waals surface area contributed by atoms with E-state index in [1.807, 2.05) is 6.07 Å². The van der Waals surface area contributed by atoms with Crippen LogP contribution in [0.2, 0.25) is 0 Å². The highest BCUT2D eigenvalue weighted by Crippen LogP contribution is 2.45. The molecule has 10 nitrogen and oxygen atoms in total. The van der Waals surface area contributed by atoms with Gasteiger partial charge in [0.25, 0.3) is 0 Å². The van der Waals surface area contributed by atoms with Crippen molar-refractivity contribution >= 4 is 17.5 Å². The maximum atomic E-state index is 12.7. The Bertz CT molecular complexity index is 984. The van der Waals surface area contributed by atoms with Gasteiger partial charge in [0.15, 0.2) is 17.3 Å². The van der Waals surface area contributed by atoms with E-state index in [0.29, 0.717) is 41.2 Å². The van der Waals surface area contributed by atoms with Crippen LogP contribution in [-0.4, -0.2) is 35.3 Å². The number of hydrogen-bond acceptors (Lipinski definition) is 7. The minimum atomic E-state index is -0.610. The Morgan fingerprint density at radius 3 is 2.83 bits per heavy atom. The first-order valence-corrected chi connectivity index (χ1v) is 10.1. The van der Waals surface area contributed by atoms with Crippen molar-refractivity contribution in [3.63, 3.8) is 0 Å². The lowest BCUT2D eigenvalue weighted by Crippen LogP contribution is -2.32. The molecule has 0 atom stereocenters. The lowest BCUT2D eigenvalue weighted by atomic mass is 9.86. The van der Waals surface area contributed by atoms with Crippen LogP contribution in [0.1, 0.15) is 31.7 Å². The van der Waals surface area contributed by atoms with E-state index in [9.17, 15) is 9.59 Å². The van der Waals surface area contributed by atoms with Crippen molar-refractivity contribution in [2.75, 3.05) is 25.0 Å². The Hall–Kier alpha value is -3.27. The number of primary amides is 1. The summed E-state index contributed by atoms with van der Waals surface area (Å²) in [4.78, 5) is 27.6. The summed E-state index contributed by atoms with van der Waals surface area (Å²) in [6, 6.07) is 4.87. The number of nitrogens with zero attached hydrogens (tertiary/aromatic N) is 2. The Kier molecular flexibility index (Phi) is 5.75. The van der Waals surface area contributed by atoms with Crippen LogP contribution < -0.4 is 37.3 Å². The first-order valence-electron chi connectivity index (χ1n) is 10.1. The molecule has 1 aliphatic heterocycles. The number of carbonyl (C=O) groups excluding carboxylic acids is 1. The van der Waals surface area contributed by atoms with E-state index in [0.717, 1.165) is 25.7 Å². The number of amides is 2. The molecule has 2 aromatic rings. The molecule has 0 radical (unpaired) electrons. The second kappa shape index (κ2) is 8.62. The average Bonchev–Trinajstić information content (AvgIpc) is 2.75. The van der Waals surface area contributed by atoms with E-state index < -0.39 is 6.03 Å². The molecule has 160 valence electrons. The van der Waals surface area contributed by atoms with Gasteiger partial charge in [0.2, 0.25) is 0 Å². The Balaban J connectivity index is 1.51. The second-order valence-electron chi connectivity index (χ2n) is 7.55. The fourth-order valence-electron chi connectivity index (χ4n) is 3.95. The summed E-state index contributed by atoms with van der Waals surface area (Å²) in [6.07, 6.45) is 5.57. The molecule has 1 fully saturated rings. The van der Waals surface area contributed by atoms with Crippen molar-refractivity contribution < 1.29 is 14.3 Å². The van der Waals surface area contributed by atoms with Crippen LogP contribution in [0.3, 0.4) is 0 Å². The van der Waals surface area contributed by atoms with Crippen molar-refractivity contribution in [2.45, 2.75) is 31.7 Å². The van der Waals surface area contributed by atoms with E-state index >= 15 is 0 Å². The number of nitrogens with one attached hydrogen (secondary N) is 2. The number of carbonyl (C=O) groups is 1. The van der Waals surface area contributed by atoms with E-state index in [4.69, 9.17) is 20.9 Å². The molecular formula is C20H26N6O4. The predicted octanol–water partition coefficient (Wildman–Crippen LogP) is 1.83. The van der Waals surface area contributed by atoms with Gasteiger partial charge in [-0.05, 0) is 50.3 Å². The molecule has 2 aliphatic rings. The minimum absolute atomic E-state index is 0.107. The molecule has 4 rings (SSSR count). The number of anilines is 2. The molecule has 0 saturated heterocycles. The SMILES string of the molecule is NCC1CCC(n2cc3c(nc2=O)Nc2c(OCCNC(N)=O)cccc2O3)CC1. The van der Waals surface area contributed by atoms with Crippen molar-refractivity contribution in [1.82, 2.24) is 14.9 Å². The molecule has 0 bridgehead atoms. The predicted molar refractivity (Wildman–Crippen MR) is 111 cm³/mol. The van der Waals surface area contributed by atoms with Crippen LogP contribution in [0.5, 0.6) is 17.2 Å². The third-order valence-corrected chi connectivity index (χ3v) is 5.57. The molecule has 1 saturated carbocycles. The average molecular weight is 414 g/mol. The van der Waals surface area contributed by atoms with Crippen molar-refractivity contribution in [1.29, 1.82) is 0 Å². The number of rotatable bonds is 6. The molecule has 30 heavy (non-hydrogen) atoms. The third kappa shape index (κ3) is 4.18. The molecule has 1 aromatic carbocycles. The highest BCUT2D eigenvalue weighted by molar-refractivity contribution is 5.77. The summed E-state index contributed by atoms with van der Waals surface area (Å²) in [6.45, 7) is 1.19. The Labute approximate surface area is 173 Å². The van der Waals surface area contributed by atoms with Gasteiger partial charge < -0.3 is 31.6 Å². The van der Waals surface area contributed by atoms with Crippen LogP contribution in [0.15, 0.2) is 29.2 Å². The van der Waals surface area contributed by atoms with E-state index in [1.54, 1.807) is 22.9 Å². The third-order valence-electron chi connectivity index (χ3n) is 5.57. The zero-order chi connectivity index (χ0) is 21.1. The fourth-order valence-corrected chi connectivity index (χ4v) is 3.95. The van der Waals surface area contributed by atoms with Crippen LogP contribution >= 0.6 is 0 Å². The topological polar surface area (TPSA) is 147 Å². The molecule has 6 N–H and O–H groups in total. The van der Waals surface area contributed by atoms with E-state index in [-0.39, 0.29) is 24.9 Å². The number of aromatic nitrogens is 2. The molecule has 10 heteroatoms. The van der Waals surface area contributed by atoms with E-state index in [1.165, 1.54) is 0 Å². The Morgan fingerprint density at radius 2 is 2.10 bits per heavy atom. The van der Waals surface area contributed by atoms with Gasteiger partial charge in [-0.25, -0.2) is 9.59 Å². The molecule has 0 spiro atoms. The number of benzene rings is 1. The van der Waals surface area contributed by atoms with Gasteiger partial charge in [-0.15, -0.1) is 0 Å². The molecule has 2 amide bonds. The number of hydrogen-bond donors (Lipinski definition) is 4. The maximum absolute atomic E-state index is 12.7. The summed E-state index contributed by atoms with van der Waals surface area (Å²) >= 11 is 0. The van der Waals surface area contributed by atoms with Crippen molar-refractivity contribution in [2.24, 2.45) is 17.4 Å². The standard InChI is InChI=1S/C20H26N6O4/c21-10-12-4-6-13(7-5-12)26-11-16-18(25-20(26)28)24-17-14(2-1-3-15(17)30-16)29-9-8-23-19(22)27/h1-3,11-13H,4-10,21H2,(H3,22,23,27)(H,24,25,28). The van der Waals surface area contributed by atoms with Gasteiger partial charge in [0.05, 0.1) is 12.7 Å². The number of urea groups is 1. The van der Waals surface area contributed by atoms with Crippen LogP contribution in [-0.2, 0) is 0 Å². The molecule has 1 aromatic heterocycles. The van der Waals surface area contributed by atoms with E-state index in [2.05, 4.69) is 15.6 Å². The summed E-state index contributed by atoms with van der Waals surface area (Å²) in [5, 5.41) is 5.60. The highest BCUT2D eigenvalue weighted by atomic mass is 16.5. The van der Waals surface area contributed by atoms with Gasteiger partial charge in [-0.2, -0.15) is 4.98 Å². The van der Waals surface area contributed by atoms with Gasteiger partial charge in [-0.1, -0.05) is 6.07 Å². The zero-order valence-electron chi connectivity index (χ0n) is 16.6. The minimum Gasteiger partial charge on any atom is -0.489 e. The quantitative estimate of drug-likeness (QED) is 0.450. The second-order valence-corrected chi connectivity index (χ2v) is 7.55. The summed E-state index contributed by atoms with van der Waals surface area (Å²) in [5.74, 6) is 2.47. The largest absolute Gasteiger partial charge is 0.489 e. The summed E-state index contributed by atoms with van der Waals surface area (Å²) in [5.41, 5.74) is 11.1. The number of fused-ring (bicyclic) bond motifs is 2. The number of nitrogens with two attached hydrogens (primary N) is 2. The van der Waals surface area contributed by atoms with Crippen molar-refractivity contribution in [3.8, 4) is 17.2 Å². The molecular weight excluding hydrogens is 388 g/mol. The molecule has 1 aliphatic carbocycles. The zero-order valence-corrected chi connectivity index (χ0v) is 16.6. The lowest BCUT2D eigenvalue weighted by Gasteiger charge is -2.30. The normalized spacial score (nSPS) is 19.6. The first-order chi connectivity index (χ1) is 14.5. The molecule has 0 unspecified atom stereocenters. The first kappa shape index (κ1) is 20.0. The maximum Gasteiger partial charge on any atom is 0.350 e. The Morgan fingerprint density at radius 1 is 1.30 bits per heavy atom.